The van der Waals surface area contributed by atoms with E-state index in [0.717, 1.165) is 0 Å². The van der Waals surface area contributed by atoms with Crippen LogP contribution in [0.3, 0.4) is 0 Å². The first kappa shape index (κ1) is 11.4. The summed E-state index contributed by atoms with van der Waals surface area (Å²) < 4.78 is 14.7. The Labute approximate surface area is 98.5 Å². The Kier molecular flexibility index (Phi) is 2.75. The molecule has 0 aliphatic carbocycles. The minimum Gasteiger partial charge on any atom is -0.507 e. The molecule has 1 unspecified atom stereocenters. The summed E-state index contributed by atoms with van der Waals surface area (Å²) in [5, 5.41) is 13.9. The number of benzene rings is 1. The van der Waals surface area contributed by atoms with Crippen molar-refractivity contribution in [1.29, 1.82) is 0 Å². The summed E-state index contributed by atoms with van der Waals surface area (Å²) in [5.41, 5.74) is 7.19. The van der Waals surface area contributed by atoms with Crippen LogP contribution >= 0.6 is 0 Å². The topological polar surface area (TPSA) is 64.1 Å². The zero-order valence-electron chi connectivity index (χ0n) is 9.68. The average molecular weight is 235 g/mol. The van der Waals surface area contributed by atoms with Gasteiger partial charge in [-0.3, -0.25) is 4.68 Å². The quantitative estimate of drug-likeness (QED) is 0.840. The van der Waals surface area contributed by atoms with E-state index in [1.165, 1.54) is 17.7 Å². The highest BCUT2D eigenvalue weighted by Crippen LogP contribution is 2.32. The number of nitrogen functional groups attached to an aromatic ring is 1. The summed E-state index contributed by atoms with van der Waals surface area (Å²) in [6, 6.07) is 6.24. The van der Waals surface area contributed by atoms with Crippen molar-refractivity contribution in [2.45, 2.75) is 13.1 Å². The van der Waals surface area contributed by atoms with Gasteiger partial charge in [0.25, 0.3) is 0 Å². The fourth-order valence-electron chi connectivity index (χ4n) is 1.62. The van der Waals surface area contributed by atoms with Crippen LogP contribution in [0.1, 0.15) is 18.7 Å². The SMILES string of the molecule is CC(F)c1ccc(O)c(-c2cc(N)n(C)n2)c1. The molecule has 2 rings (SSSR count). The standard InChI is InChI=1S/C12H14FN3O/c1-7(13)8-3-4-11(17)9(5-8)10-6-12(14)16(2)15-10/h3-7,17H,14H2,1-2H3. The molecule has 0 radical (unpaired) electrons. The molecular weight excluding hydrogens is 221 g/mol. The Morgan fingerprint density at radius 1 is 1.41 bits per heavy atom. The van der Waals surface area contributed by atoms with Crippen LogP contribution in [-0.4, -0.2) is 14.9 Å². The van der Waals surface area contributed by atoms with E-state index < -0.39 is 6.17 Å². The molecule has 0 aliphatic heterocycles. The first-order valence-corrected chi connectivity index (χ1v) is 5.26. The zero-order chi connectivity index (χ0) is 12.6. The maximum atomic E-state index is 13.2. The van der Waals surface area contributed by atoms with E-state index in [0.29, 0.717) is 22.6 Å². The Morgan fingerprint density at radius 3 is 2.65 bits per heavy atom. The molecule has 2 aromatic rings. The smallest absolute Gasteiger partial charge is 0.125 e. The van der Waals surface area contributed by atoms with E-state index in [4.69, 9.17) is 5.73 Å². The second kappa shape index (κ2) is 4.08. The van der Waals surface area contributed by atoms with Crippen molar-refractivity contribution in [1.82, 2.24) is 9.78 Å². The fourth-order valence-corrected chi connectivity index (χ4v) is 1.62. The van der Waals surface area contributed by atoms with E-state index in [1.54, 1.807) is 25.2 Å². The van der Waals surface area contributed by atoms with Gasteiger partial charge in [-0.05, 0) is 24.6 Å². The lowest BCUT2D eigenvalue weighted by Gasteiger charge is -2.06. The number of rotatable bonds is 2. The van der Waals surface area contributed by atoms with Gasteiger partial charge in [0.2, 0.25) is 0 Å². The summed E-state index contributed by atoms with van der Waals surface area (Å²) >= 11 is 0. The highest BCUT2D eigenvalue weighted by Gasteiger charge is 2.12. The summed E-state index contributed by atoms with van der Waals surface area (Å²) in [4.78, 5) is 0. The molecule has 1 aromatic heterocycles. The molecule has 1 heterocycles. The molecule has 1 aromatic carbocycles. The normalized spacial score (nSPS) is 12.6. The van der Waals surface area contributed by atoms with Crippen LogP contribution in [-0.2, 0) is 7.05 Å². The van der Waals surface area contributed by atoms with Crippen molar-refractivity contribution in [3.8, 4) is 17.0 Å². The van der Waals surface area contributed by atoms with Crippen molar-refractivity contribution in [3.05, 3.63) is 29.8 Å². The molecule has 5 heteroatoms. The molecule has 0 saturated heterocycles. The third-order valence-corrected chi connectivity index (χ3v) is 2.67. The maximum Gasteiger partial charge on any atom is 0.125 e. The Morgan fingerprint density at radius 2 is 2.12 bits per heavy atom. The number of aromatic hydroxyl groups is 1. The molecule has 3 N–H and O–H groups in total. The molecule has 0 amide bonds. The van der Waals surface area contributed by atoms with Gasteiger partial charge in [-0.1, -0.05) is 6.07 Å². The number of nitrogens with two attached hydrogens (primary N) is 1. The predicted octanol–water partition coefficient (Wildman–Crippen LogP) is 2.41. The largest absolute Gasteiger partial charge is 0.507 e. The van der Waals surface area contributed by atoms with Crippen molar-refractivity contribution in [2.75, 3.05) is 5.73 Å². The van der Waals surface area contributed by atoms with Crippen molar-refractivity contribution < 1.29 is 9.50 Å². The second-order valence-corrected chi connectivity index (χ2v) is 3.97. The first-order valence-electron chi connectivity index (χ1n) is 5.26. The third-order valence-electron chi connectivity index (χ3n) is 2.67. The average Bonchev–Trinajstić information content (AvgIpc) is 2.59. The minimum atomic E-state index is -1.09. The molecular formula is C12H14FN3O. The van der Waals surface area contributed by atoms with E-state index in [-0.39, 0.29) is 5.75 Å². The number of phenolic OH excluding ortho intramolecular Hbond substituents is 1. The number of hydrogen-bond acceptors (Lipinski definition) is 3. The maximum absolute atomic E-state index is 13.2. The van der Waals surface area contributed by atoms with Crippen LogP contribution in [0.5, 0.6) is 5.75 Å². The number of hydrogen-bond donors (Lipinski definition) is 2. The molecule has 1 atom stereocenters. The summed E-state index contributed by atoms with van der Waals surface area (Å²) in [6.45, 7) is 1.45. The van der Waals surface area contributed by atoms with Crippen LogP contribution in [0.15, 0.2) is 24.3 Å². The van der Waals surface area contributed by atoms with Gasteiger partial charge in [0.1, 0.15) is 17.7 Å². The van der Waals surface area contributed by atoms with Crippen molar-refractivity contribution in [2.24, 2.45) is 7.05 Å². The monoisotopic (exact) mass is 235 g/mol. The molecule has 90 valence electrons. The van der Waals surface area contributed by atoms with Gasteiger partial charge in [-0.15, -0.1) is 0 Å². The number of alkyl halides is 1. The first-order chi connectivity index (χ1) is 7.99. The predicted molar refractivity (Wildman–Crippen MR) is 64.2 cm³/mol. The molecule has 0 bridgehead atoms. The lowest BCUT2D eigenvalue weighted by atomic mass is 10.0. The van der Waals surface area contributed by atoms with Crippen LogP contribution in [0.4, 0.5) is 10.2 Å². The van der Waals surface area contributed by atoms with Crippen LogP contribution < -0.4 is 5.73 Å². The van der Waals surface area contributed by atoms with Crippen molar-refractivity contribution >= 4 is 5.82 Å². The molecule has 0 aliphatic rings. The summed E-state index contributed by atoms with van der Waals surface area (Å²) in [5.74, 6) is 0.547. The van der Waals surface area contributed by atoms with Gasteiger partial charge in [0.05, 0.1) is 5.69 Å². The molecule has 0 fully saturated rings. The Balaban J connectivity index is 2.54. The van der Waals surface area contributed by atoms with Gasteiger partial charge in [0, 0.05) is 18.7 Å². The van der Waals surface area contributed by atoms with Gasteiger partial charge >= 0.3 is 0 Å². The lowest BCUT2D eigenvalue weighted by molar-refractivity contribution is 0.374. The van der Waals surface area contributed by atoms with Crippen LogP contribution in [0.2, 0.25) is 0 Å². The van der Waals surface area contributed by atoms with Crippen molar-refractivity contribution in [3.63, 3.8) is 0 Å². The van der Waals surface area contributed by atoms with Gasteiger partial charge in [-0.25, -0.2) is 4.39 Å². The van der Waals surface area contributed by atoms with Crippen LogP contribution in [0.25, 0.3) is 11.3 Å². The van der Waals surface area contributed by atoms with E-state index in [2.05, 4.69) is 5.10 Å². The number of nitrogens with zero attached hydrogens (tertiary/aromatic N) is 2. The van der Waals surface area contributed by atoms with E-state index in [9.17, 15) is 9.50 Å². The van der Waals surface area contributed by atoms with Crippen LogP contribution in [0, 0.1) is 0 Å². The summed E-state index contributed by atoms with van der Waals surface area (Å²) in [7, 11) is 1.71. The Bertz CT molecular complexity index is 529. The minimum absolute atomic E-state index is 0.0625. The number of halogens is 1. The molecule has 0 saturated carbocycles. The number of anilines is 1. The third kappa shape index (κ3) is 2.08. The lowest BCUT2D eigenvalue weighted by Crippen LogP contribution is -1.96. The molecule has 17 heavy (non-hydrogen) atoms. The van der Waals surface area contributed by atoms with E-state index >= 15 is 0 Å². The highest BCUT2D eigenvalue weighted by molar-refractivity contribution is 5.69. The molecule has 0 spiro atoms. The summed E-state index contributed by atoms with van der Waals surface area (Å²) in [6.07, 6.45) is -1.09. The second-order valence-electron chi connectivity index (χ2n) is 3.97. The Hall–Kier alpha value is -2.04. The van der Waals surface area contributed by atoms with Gasteiger partial charge in [-0.2, -0.15) is 5.10 Å². The van der Waals surface area contributed by atoms with E-state index in [1.807, 2.05) is 0 Å². The highest BCUT2D eigenvalue weighted by atomic mass is 19.1. The number of phenols is 1. The fraction of sp³-hybridized carbons (Fsp3) is 0.250. The molecule has 4 nitrogen and oxygen atoms in total. The number of aryl methyl sites for hydroxylation is 1. The van der Waals surface area contributed by atoms with Gasteiger partial charge < -0.3 is 10.8 Å². The zero-order valence-corrected chi connectivity index (χ0v) is 9.68. The van der Waals surface area contributed by atoms with Gasteiger partial charge in [0.15, 0.2) is 0 Å². The number of aromatic nitrogens is 2.